The summed E-state index contributed by atoms with van der Waals surface area (Å²) >= 11 is 0. The normalized spacial score (nSPS) is 11.1. The Balaban J connectivity index is 3.13. The monoisotopic (exact) mass is 204 g/mol. The van der Waals surface area contributed by atoms with Crippen LogP contribution in [0.1, 0.15) is 61.8 Å². The Morgan fingerprint density at radius 1 is 1.07 bits per heavy atom. The van der Waals surface area contributed by atoms with E-state index in [0.29, 0.717) is 5.92 Å². The minimum atomic E-state index is 0.650. The van der Waals surface area contributed by atoms with Crippen LogP contribution in [0.3, 0.4) is 0 Å². The van der Waals surface area contributed by atoms with Crippen LogP contribution in [0.25, 0.3) is 0 Å². The predicted molar refractivity (Wildman–Crippen MR) is 68.6 cm³/mol. The summed E-state index contributed by atoms with van der Waals surface area (Å²) in [6.45, 7) is 11.4. The van der Waals surface area contributed by atoms with Crippen molar-refractivity contribution >= 4 is 0 Å². The lowest BCUT2D eigenvalue weighted by Gasteiger charge is -2.18. The van der Waals surface area contributed by atoms with Crippen LogP contribution < -0.4 is 0 Å². The molecule has 0 fully saturated rings. The molecule has 0 aliphatic carbocycles. The fourth-order valence-electron chi connectivity index (χ4n) is 2.38. The highest BCUT2D eigenvalue weighted by atomic mass is 14.2. The van der Waals surface area contributed by atoms with Crippen molar-refractivity contribution in [2.75, 3.05) is 0 Å². The second kappa shape index (κ2) is 5.34. The van der Waals surface area contributed by atoms with Crippen molar-refractivity contribution in [3.8, 4) is 0 Å². The lowest BCUT2D eigenvalue weighted by Crippen LogP contribution is -2.02. The highest BCUT2D eigenvalue weighted by Gasteiger charge is 2.11. The van der Waals surface area contributed by atoms with Crippen LogP contribution in [0, 0.1) is 13.8 Å². The molecule has 1 aromatic rings. The van der Waals surface area contributed by atoms with E-state index in [4.69, 9.17) is 0 Å². The predicted octanol–water partition coefficient (Wildman–Crippen LogP) is 4.77. The number of aryl methyl sites for hydroxylation is 2. The van der Waals surface area contributed by atoms with Gasteiger partial charge in [-0.2, -0.15) is 0 Å². The largest absolute Gasteiger partial charge is 0.0654 e. The van der Waals surface area contributed by atoms with Gasteiger partial charge in [-0.25, -0.2) is 0 Å². The molecule has 1 aromatic carbocycles. The minimum absolute atomic E-state index is 0.650. The second-order valence-electron chi connectivity index (χ2n) is 4.85. The molecule has 0 nitrogen and oxygen atoms in total. The first-order chi connectivity index (χ1) is 7.07. The van der Waals surface area contributed by atoms with E-state index in [2.05, 4.69) is 46.8 Å². The van der Waals surface area contributed by atoms with Crippen molar-refractivity contribution in [1.82, 2.24) is 0 Å². The van der Waals surface area contributed by atoms with E-state index < -0.39 is 0 Å². The molecule has 0 saturated carbocycles. The number of unbranched alkanes of at least 4 members (excludes halogenated alkanes) is 1. The second-order valence-corrected chi connectivity index (χ2v) is 4.85. The molecule has 0 aliphatic heterocycles. The quantitative estimate of drug-likeness (QED) is 0.662. The van der Waals surface area contributed by atoms with E-state index in [1.807, 2.05) is 0 Å². The maximum absolute atomic E-state index is 2.30. The summed E-state index contributed by atoms with van der Waals surface area (Å²) in [6, 6.07) is 4.53. The Labute approximate surface area is 94.7 Å². The molecule has 84 valence electrons. The molecule has 0 aliphatic rings. The summed E-state index contributed by atoms with van der Waals surface area (Å²) < 4.78 is 0. The summed E-state index contributed by atoms with van der Waals surface area (Å²) in [5, 5.41) is 0. The Morgan fingerprint density at radius 3 is 2.20 bits per heavy atom. The van der Waals surface area contributed by atoms with Gasteiger partial charge in [0.2, 0.25) is 0 Å². The summed E-state index contributed by atoms with van der Waals surface area (Å²) in [7, 11) is 0. The van der Waals surface area contributed by atoms with Crippen LogP contribution in [-0.2, 0) is 6.42 Å². The van der Waals surface area contributed by atoms with E-state index in [1.54, 1.807) is 11.1 Å². The number of benzene rings is 1. The molecule has 0 heteroatoms. The van der Waals surface area contributed by atoms with Crippen molar-refractivity contribution in [3.05, 3.63) is 34.4 Å². The van der Waals surface area contributed by atoms with E-state index in [9.17, 15) is 0 Å². The molecule has 0 bridgehead atoms. The van der Waals surface area contributed by atoms with Crippen LogP contribution in [0.4, 0.5) is 0 Å². The van der Waals surface area contributed by atoms with Crippen molar-refractivity contribution < 1.29 is 0 Å². The SMILES string of the molecule is CCCCc1c(C)ccc(C)c1C(C)C. The summed E-state index contributed by atoms with van der Waals surface area (Å²) in [5.74, 6) is 0.650. The first-order valence-corrected chi connectivity index (χ1v) is 6.16. The van der Waals surface area contributed by atoms with Crippen LogP contribution >= 0.6 is 0 Å². The van der Waals surface area contributed by atoms with Gasteiger partial charge in [-0.05, 0) is 54.9 Å². The third-order valence-corrected chi connectivity index (χ3v) is 3.17. The molecule has 15 heavy (non-hydrogen) atoms. The van der Waals surface area contributed by atoms with Crippen molar-refractivity contribution in [1.29, 1.82) is 0 Å². The molecule has 0 radical (unpaired) electrons. The molecule has 0 saturated heterocycles. The van der Waals surface area contributed by atoms with Gasteiger partial charge in [0.15, 0.2) is 0 Å². The summed E-state index contributed by atoms with van der Waals surface area (Å²) in [4.78, 5) is 0. The van der Waals surface area contributed by atoms with Gasteiger partial charge in [0.25, 0.3) is 0 Å². The molecule has 0 spiro atoms. The molecular formula is C15H24. The Bertz CT molecular complexity index is 321. The number of hydrogen-bond donors (Lipinski definition) is 0. The van der Waals surface area contributed by atoms with E-state index >= 15 is 0 Å². The van der Waals surface area contributed by atoms with Gasteiger partial charge in [-0.3, -0.25) is 0 Å². The van der Waals surface area contributed by atoms with Crippen LogP contribution in [0.2, 0.25) is 0 Å². The molecule has 0 heterocycles. The summed E-state index contributed by atoms with van der Waals surface area (Å²) in [6.07, 6.45) is 3.84. The maximum atomic E-state index is 2.30. The zero-order chi connectivity index (χ0) is 11.4. The van der Waals surface area contributed by atoms with Crippen molar-refractivity contribution in [2.45, 2.75) is 59.8 Å². The van der Waals surface area contributed by atoms with Gasteiger partial charge >= 0.3 is 0 Å². The lowest BCUT2D eigenvalue weighted by atomic mass is 9.87. The molecule has 0 amide bonds. The van der Waals surface area contributed by atoms with Gasteiger partial charge in [0.05, 0.1) is 0 Å². The summed E-state index contributed by atoms with van der Waals surface area (Å²) in [5.41, 5.74) is 6.12. The third kappa shape index (κ3) is 2.84. The molecule has 1 rings (SSSR count). The Hall–Kier alpha value is -0.780. The van der Waals surface area contributed by atoms with Gasteiger partial charge in [-0.1, -0.05) is 39.3 Å². The molecule has 0 atom stereocenters. The molecule has 0 N–H and O–H groups in total. The average molecular weight is 204 g/mol. The smallest absolute Gasteiger partial charge is 0.0213 e. The molecule has 0 unspecified atom stereocenters. The van der Waals surface area contributed by atoms with E-state index in [-0.39, 0.29) is 0 Å². The fraction of sp³-hybridized carbons (Fsp3) is 0.600. The first kappa shape index (κ1) is 12.3. The fourth-order valence-corrected chi connectivity index (χ4v) is 2.38. The van der Waals surface area contributed by atoms with Crippen molar-refractivity contribution in [3.63, 3.8) is 0 Å². The van der Waals surface area contributed by atoms with E-state index in [1.165, 1.54) is 30.4 Å². The van der Waals surface area contributed by atoms with Gasteiger partial charge in [0, 0.05) is 0 Å². The van der Waals surface area contributed by atoms with Crippen LogP contribution in [-0.4, -0.2) is 0 Å². The van der Waals surface area contributed by atoms with E-state index in [0.717, 1.165) is 0 Å². The lowest BCUT2D eigenvalue weighted by molar-refractivity contribution is 0.759. The Morgan fingerprint density at radius 2 is 1.67 bits per heavy atom. The topological polar surface area (TPSA) is 0 Å². The van der Waals surface area contributed by atoms with Crippen LogP contribution in [0.5, 0.6) is 0 Å². The maximum Gasteiger partial charge on any atom is -0.0213 e. The first-order valence-electron chi connectivity index (χ1n) is 6.16. The third-order valence-electron chi connectivity index (χ3n) is 3.17. The van der Waals surface area contributed by atoms with Crippen LogP contribution in [0.15, 0.2) is 12.1 Å². The highest BCUT2D eigenvalue weighted by Crippen LogP contribution is 2.27. The van der Waals surface area contributed by atoms with Gasteiger partial charge < -0.3 is 0 Å². The Kier molecular flexibility index (Phi) is 4.38. The zero-order valence-corrected chi connectivity index (χ0v) is 10.9. The minimum Gasteiger partial charge on any atom is -0.0654 e. The molecule has 0 aromatic heterocycles. The number of rotatable bonds is 4. The van der Waals surface area contributed by atoms with Crippen molar-refractivity contribution in [2.24, 2.45) is 0 Å². The highest BCUT2D eigenvalue weighted by molar-refractivity contribution is 5.42. The van der Waals surface area contributed by atoms with Gasteiger partial charge in [-0.15, -0.1) is 0 Å². The standard InChI is InChI=1S/C15H24/c1-6-7-8-14-12(4)9-10-13(5)15(14)11(2)3/h9-11H,6-8H2,1-5H3. The zero-order valence-electron chi connectivity index (χ0n) is 10.9. The average Bonchev–Trinajstić information content (AvgIpc) is 2.18. The number of hydrogen-bond acceptors (Lipinski definition) is 0. The van der Waals surface area contributed by atoms with Gasteiger partial charge in [0.1, 0.15) is 0 Å². The molecular weight excluding hydrogens is 180 g/mol.